The molecule has 10 heavy (non-hydrogen) atoms. The van der Waals surface area contributed by atoms with Crippen LogP contribution in [0.3, 0.4) is 0 Å². The van der Waals surface area contributed by atoms with Crippen molar-refractivity contribution >= 4 is 0 Å². The van der Waals surface area contributed by atoms with Gasteiger partial charge in [-0.3, -0.25) is 0 Å². The molecule has 1 aliphatic carbocycles. The normalized spacial score (nSPS) is 33.6. The van der Waals surface area contributed by atoms with Crippen molar-refractivity contribution in [3.8, 4) is 0 Å². The van der Waals surface area contributed by atoms with Gasteiger partial charge in [-0.2, -0.15) is 0 Å². The van der Waals surface area contributed by atoms with Gasteiger partial charge in [0.15, 0.2) is 0 Å². The van der Waals surface area contributed by atoms with E-state index in [2.05, 4.69) is 25.9 Å². The highest BCUT2D eigenvalue weighted by Crippen LogP contribution is 2.30. The van der Waals surface area contributed by atoms with Gasteiger partial charge in [-0.25, -0.2) is 0 Å². The van der Waals surface area contributed by atoms with Gasteiger partial charge in [0.1, 0.15) is 0 Å². The SMILES string of the molecule is C[C@@H]1CC[C@H](CN(C)C)C1. The van der Waals surface area contributed by atoms with Crippen molar-refractivity contribution < 1.29 is 0 Å². The first-order valence-electron chi connectivity index (χ1n) is 4.33. The van der Waals surface area contributed by atoms with Gasteiger partial charge in [-0.15, -0.1) is 0 Å². The fourth-order valence-corrected chi connectivity index (χ4v) is 2.01. The highest BCUT2D eigenvalue weighted by molar-refractivity contribution is 4.73. The smallest absolute Gasteiger partial charge is 0.000366 e. The van der Waals surface area contributed by atoms with Crippen molar-refractivity contribution in [2.24, 2.45) is 11.8 Å². The summed E-state index contributed by atoms with van der Waals surface area (Å²) in [4.78, 5) is 2.31. The third kappa shape index (κ3) is 2.30. The Morgan fingerprint density at radius 1 is 1.30 bits per heavy atom. The highest BCUT2D eigenvalue weighted by atomic mass is 15.1. The van der Waals surface area contributed by atoms with Crippen molar-refractivity contribution in [2.45, 2.75) is 26.2 Å². The fraction of sp³-hybridized carbons (Fsp3) is 1.00. The standard InChI is InChI=1S/C9H19N/c1-8-4-5-9(6-8)7-10(2)3/h8-9H,4-7H2,1-3H3/t8-,9+/m1/s1. The third-order valence-electron chi connectivity index (χ3n) is 2.43. The lowest BCUT2D eigenvalue weighted by atomic mass is 10.1. The summed E-state index contributed by atoms with van der Waals surface area (Å²) in [6.45, 7) is 3.67. The van der Waals surface area contributed by atoms with Gasteiger partial charge in [0.05, 0.1) is 0 Å². The minimum Gasteiger partial charge on any atom is -0.309 e. The van der Waals surface area contributed by atoms with Gasteiger partial charge in [-0.1, -0.05) is 13.3 Å². The van der Waals surface area contributed by atoms with Crippen LogP contribution in [0, 0.1) is 11.8 Å². The largest absolute Gasteiger partial charge is 0.309 e. The van der Waals surface area contributed by atoms with E-state index >= 15 is 0 Å². The first kappa shape index (κ1) is 8.06. The van der Waals surface area contributed by atoms with E-state index in [1.165, 1.54) is 25.8 Å². The summed E-state index contributed by atoms with van der Waals surface area (Å²) in [5.41, 5.74) is 0. The maximum Gasteiger partial charge on any atom is 0.000366 e. The first-order valence-corrected chi connectivity index (χ1v) is 4.33. The monoisotopic (exact) mass is 141 g/mol. The molecule has 0 aromatic rings. The van der Waals surface area contributed by atoms with Crippen LogP contribution in [0.5, 0.6) is 0 Å². The Labute approximate surface area is 64.4 Å². The molecule has 1 fully saturated rings. The maximum atomic E-state index is 2.37. The van der Waals surface area contributed by atoms with Crippen LogP contribution in [0.1, 0.15) is 26.2 Å². The van der Waals surface area contributed by atoms with E-state index in [-0.39, 0.29) is 0 Å². The second kappa shape index (κ2) is 3.38. The second-order valence-corrected chi connectivity index (χ2v) is 4.05. The Morgan fingerprint density at radius 3 is 2.40 bits per heavy atom. The highest BCUT2D eigenvalue weighted by Gasteiger charge is 2.21. The van der Waals surface area contributed by atoms with Crippen LogP contribution in [0.4, 0.5) is 0 Å². The Morgan fingerprint density at radius 2 is 2.00 bits per heavy atom. The minimum absolute atomic E-state index is 0.991. The molecule has 2 atom stereocenters. The molecule has 0 radical (unpaired) electrons. The quantitative estimate of drug-likeness (QED) is 0.568. The van der Waals surface area contributed by atoms with Crippen LogP contribution in [0.15, 0.2) is 0 Å². The lowest BCUT2D eigenvalue weighted by molar-refractivity contribution is 0.323. The van der Waals surface area contributed by atoms with Crippen molar-refractivity contribution in [3.05, 3.63) is 0 Å². The zero-order chi connectivity index (χ0) is 7.56. The fourth-order valence-electron chi connectivity index (χ4n) is 2.01. The Kier molecular flexibility index (Phi) is 2.72. The maximum absolute atomic E-state index is 2.37. The molecule has 0 amide bonds. The van der Waals surface area contributed by atoms with E-state index in [4.69, 9.17) is 0 Å². The molecule has 1 rings (SSSR count). The van der Waals surface area contributed by atoms with Gasteiger partial charge in [0.25, 0.3) is 0 Å². The molecule has 0 N–H and O–H groups in total. The predicted octanol–water partition coefficient (Wildman–Crippen LogP) is 1.98. The molecule has 1 heteroatoms. The molecular formula is C9H19N. The molecule has 1 saturated carbocycles. The van der Waals surface area contributed by atoms with Gasteiger partial charge in [-0.05, 0) is 38.8 Å². The number of nitrogens with zero attached hydrogens (tertiary/aromatic N) is 1. The molecule has 0 aromatic heterocycles. The summed E-state index contributed by atoms with van der Waals surface area (Å²) >= 11 is 0. The lowest BCUT2D eigenvalue weighted by Gasteiger charge is -2.15. The van der Waals surface area contributed by atoms with Crippen LogP contribution in [-0.4, -0.2) is 25.5 Å². The van der Waals surface area contributed by atoms with Crippen LogP contribution >= 0.6 is 0 Å². The third-order valence-corrected chi connectivity index (χ3v) is 2.43. The minimum atomic E-state index is 0.991. The Bertz CT molecular complexity index is 98.9. The molecule has 0 saturated heterocycles. The van der Waals surface area contributed by atoms with Crippen LogP contribution in [0.25, 0.3) is 0 Å². The molecule has 60 valence electrons. The molecular weight excluding hydrogens is 122 g/mol. The van der Waals surface area contributed by atoms with E-state index in [1.807, 2.05) is 0 Å². The average Bonchev–Trinajstić information content (AvgIpc) is 2.13. The topological polar surface area (TPSA) is 3.24 Å². The lowest BCUT2D eigenvalue weighted by Crippen LogP contribution is -2.19. The molecule has 0 unspecified atom stereocenters. The van der Waals surface area contributed by atoms with Crippen LogP contribution in [-0.2, 0) is 0 Å². The zero-order valence-corrected chi connectivity index (χ0v) is 7.43. The zero-order valence-electron chi connectivity index (χ0n) is 7.43. The molecule has 0 aliphatic heterocycles. The first-order chi connectivity index (χ1) is 4.68. The summed E-state index contributed by atoms with van der Waals surface area (Å²) in [7, 11) is 4.34. The van der Waals surface area contributed by atoms with Gasteiger partial charge >= 0.3 is 0 Å². The molecule has 1 nitrogen and oxygen atoms in total. The Hall–Kier alpha value is -0.0400. The molecule has 0 spiro atoms. The summed E-state index contributed by atoms with van der Waals surface area (Å²) in [5.74, 6) is 1.98. The van der Waals surface area contributed by atoms with Gasteiger partial charge in [0, 0.05) is 6.54 Å². The summed E-state index contributed by atoms with van der Waals surface area (Å²) in [6.07, 6.45) is 4.37. The van der Waals surface area contributed by atoms with E-state index in [1.54, 1.807) is 0 Å². The van der Waals surface area contributed by atoms with Gasteiger partial charge < -0.3 is 4.90 Å². The van der Waals surface area contributed by atoms with E-state index < -0.39 is 0 Å². The van der Waals surface area contributed by atoms with Crippen molar-refractivity contribution in [1.82, 2.24) is 4.90 Å². The van der Waals surface area contributed by atoms with Crippen molar-refractivity contribution in [1.29, 1.82) is 0 Å². The summed E-state index contributed by atoms with van der Waals surface area (Å²) in [6, 6.07) is 0. The predicted molar refractivity (Wildman–Crippen MR) is 45.1 cm³/mol. The number of hydrogen-bond donors (Lipinski definition) is 0. The van der Waals surface area contributed by atoms with Crippen molar-refractivity contribution in [2.75, 3.05) is 20.6 Å². The van der Waals surface area contributed by atoms with E-state index in [9.17, 15) is 0 Å². The van der Waals surface area contributed by atoms with E-state index in [0.717, 1.165) is 11.8 Å². The molecule has 0 heterocycles. The Balaban J connectivity index is 2.18. The molecule has 1 aliphatic rings. The summed E-state index contributed by atoms with van der Waals surface area (Å²) in [5, 5.41) is 0. The average molecular weight is 141 g/mol. The molecule has 0 bridgehead atoms. The van der Waals surface area contributed by atoms with E-state index in [0.29, 0.717) is 0 Å². The number of hydrogen-bond acceptors (Lipinski definition) is 1. The number of rotatable bonds is 2. The summed E-state index contributed by atoms with van der Waals surface area (Å²) < 4.78 is 0. The van der Waals surface area contributed by atoms with Crippen LogP contribution < -0.4 is 0 Å². The molecule has 0 aromatic carbocycles. The van der Waals surface area contributed by atoms with Gasteiger partial charge in [0.2, 0.25) is 0 Å². The van der Waals surface area contributed by atoms with Crippen LogP contribution in [0.2, 0.25) is 0 Å². The van der Waals surface area contributed by atoms with Crippen molar-refractivity contribution in [3.63, 3.8) is 0 Å². The second-order valence-electron chi connectivity index (χ2n) is 4.05.